The summed E-state index contributed by atoms with van der Waals surface area (Å²) in [6.45, 7) is 0. The van der Waals surface area contributed by atoms with E-state index in [0.29, 0.717) is 21.1 Å². The molecule has 0 saturated carbocycles. The molecule has 0 bridgehead atoms. The van der Waals surface area contributed by atoms with E-state index >= 15 is 0 Å². The Bertz CT molecular complexity index is 939. The molecule has 0 fully saturated rings. The number of rotatable bonds is 4. The van der Waals surface area contributed by atoms with Crippen LogP contribution in [0.2, 0.25) is 0 Å². The number of carbonyl (C=O) groups is 2. The maximum absolute atomic E-state index is 13.8. The molecule has 0 aliphatic carbocycles. The minimum atomic E-state index is -0.549. The number of thiazole rings is 1. The van der Waals surface area contributed by atoms with E-state index in [1.54, 1.807) is 42.5 Å². The molecule has 25 heavy (non-hydrogen) atoms. The summed E-state index contributed by atoms with van der Waals surface area (Å²) >= 11 is 1.07. The van der Waals surface area contributed by atoms with Crippen LogP contribution in [0.15, 0.2) is 54.7 Å². The van der Waals surface area contributed by atoms with Gasteiger partial charge in [0.25, 0.3) is 5.91 Å². The molecule has 126 valence electrons. The molecule has 1 amide bonds. The summed E-state index contributed by atoms with van der Waals surface area (Å²) in [5, 5.41) is 3.07. The molecule has 0 saturated heterocycles. The highest BCUT2D eigenvalue weighted by molar-refractivity contribution is 7.17. The smallest absolute Gasteiger partial charge is 0.339 e. The quantitative estimate of drug-likeness (QED) is 0.718. The Kier molecular flexibility index (Phi) is 4.85. The summed E-state index contributed by atoms with van der Waals surface area (Å²) in [6, 6.07) is 12.7. The van der Waals surface area contributed by atoms with Crippen molar-refractivity contribution in [2.75, 3.05) is 12.4 Å². The largest absolute Gasteiger partial charge is 0.465 e. The van der Waals surface area contributed by atoms with Gasteiger partial charge in [0.15, 0.2) is 0 Å². The van der Waals surface area contributed by atoms with Crippen LogP contribution >= 0.6 is 11.3 Å². The highest BCUT2D eigenvalue weighted by Gasteiger charge is 2.17. The van der Waals surface area contributed by atoms with Crippen molar-refractivity contribution in [2.24, 2.45) is 0 Å². The number of methoxy groups -OCH3 is 1. The third kappa shape index (κ3) is 3.56. The molecule has 0 atom stereocenters. The lowest BCUT2D eigenvalue weighted by Crippen LogP contribution is -2.14. The number of anilines is 1. The Morgan fingerprint density at radius 2 is 1.84 bits per heavy atom. The molecule has 1 aromatic heterocycles. The van der Waals surface area contributed by atoms with E-state index in [1.165, 1.54) is 19.4 Å². The molecule has 0 spiro atoms. The number of hydrogen-bond donors (Lipinski definition) is 1. The topological polar surface area (TPSA) is 68.3 Å². The van der Waals surface area contributed by atoms with Crippen molar-refractivity contribution in [2.45, 2.75) is 0 Å². The SMILES string of the molecule is COC(=O)c1ccccc1NC(=O)c1cnc(-c2ccccc2F)s1. The van der Waals surface area contributed by atoms with Gasteiger partial charge < -0.3 is 10.1 Å². The molecule has 0 unspecified atom stereocenters. The first-order valence-electron chi connectivity index (χ1n) is 7.29. The Labute approximate surface area is 147 Å². The van der Waals surface area contributed by atoms with E-state index in [0.717, 1.165) is 11.3 Å². The van der Waals surface area contributed by atoms with Gasteiger partial charge in [-0.2, -0.15) is 0 Å². The fraction of sp³-hybridized carbons (Fsp3) is 0.0556. The number of nitrogens with one attached hydrogen (secondary N) is 1. The second-order valence-electron chi connectivity index (χ2n) is 5.00. The lowest BCUT2D eigenvalue weighted by molar-refractivity contribution is 0.0602. The number of carbonyl (C=O) groups excluding carboxylic acids is 2. The van der Waals surface area contributed by atoms with Crippen LogP contribution in [0.3, 0.4) is 0 Å². The van der Waals surface area contributed by atoms with Gasteiger partial charge in [-0.3, -0.25) is 4.79 Å². The van der Waals surface area contributed by atoms with E-state index in [9.17, 15) is 14.0 Å². The standard InChI is InChI=1S/C18H13FN2O3S/c1-24-18(23)12-7-3-5-9-14(12)21-16(22)15-10-20-17(25-15)11-6-2-4-8-13(11)19/h2-10H,1H3,(H,21,22). The lowest BCUT2D eigenvalue weighted by atomic mass is 10.2. The normalized spacial score (nSPS) is 10.3. The number of aromatic nitrogens is 1. The molecular weight excluding hydrogens is 343 g/mol. The summed E-state index contributed by atoms with van der Waals surface area (Å²) in [6.07, 6.45) is 1.38. The number of halogens is 1. The van der Waals surface area contributed by atoms with Crippen molar-refractivity contribution in [3.8, 4) is 10.6 Å². The van der Waals surface area contributed by atoms with Crippen molar-refractivity contribution in [3.05, 3.63) is 71.0 Å². The van der Waals surface area contributed by atoms with E-state index in [4.69, 9.17) is 4.74 Å². The first-order valence-corrected chi connectivity index (χ1v) is 8.11. The maximum atomic E-state index is 13.8. The number of ether oxygens (including phenoxy) is 1. The monoisotopic (exact) mass is 356 g/mol. The van der Waals surface area contributed by atoms with Gasteiger partial charge in [-0.15, -0.1) is 11.3 Å². The fourth-order valence-electron chi connectivity index (χ4n) is 2.20. The van der Waals surface area contributed by atoms with Gasteiger partial charge in [-0.05, 0) is 24.3 Å². The minimum Gasteiger partial charge on any atom is -0.465 e. The third-order valence-electron chi connectivity index (χ3n) is 3.41. The summed E-state index contributed by atoms with van der Waals surface area (Å²) in [5.74, 6) is -1.39. The number of amides is 1. The molecule has 7 heteroatoms. The first kappa shape index (κ1) is 16.8. The van der Waals surface area contributed by atoms with Crippen LogP contribution in [-0.4, -0.2) is 24.0 Å². The zero-order valence-corrected chi connectivity index (χ0v) is 14.0. The molecule has 0 aliphatic heterocycles. The minimum absolute atomic E-state index is 0.247. The predicted octanol–water partition coefficient (Wildman–Crippen LogP) is 3.99. The Hall–Kier alpha value is -3.06. The second-order valence-corrected chi connectivity index (χ2v) is 6.03. The van der Waals surface area contributed by atoms with Crippen LogP contribution in [-0.2, 0) is 4.74 Å². The van der Waals surface area contributed by atoms with E-state index in [1.807, 2.05) is 0 Å². The summed E-state index contributed by atoms with van der Waals surface area (Å²) in [4.78, 5) is 28.6. The molecule has 2 aromatic carbocycles. The van der Waals surface area contributed by atoms with E-state index in [-0.39, 0.29) is 5.56 Å². The summed E-state index contributed by atoms with van der Waals surface area (Å²) in [7, 11) is 1.27. The van der Waals surface area contributed by atoms with Gasteiger partial charge in [0.1, 0.15) is 15.7 Å². The van der Waals surface area contributed by atoms with E-state index in [2.05, 4.69) is 10.3 Å². The van der Waals surface area contributed by atoms with Crippen LogP contribution in [0.5, 0.6) is 0 Å². The Morgan fingerprint density at radius 1 is 1.12 bits per heavy atom. The maximum Gasteiger partial charge on any atom is 0.339 e. The van der Waals surface area contributed by atoms with Crippen LogP contribution in [0, 0.1) is 5.82 Å². The number of benzene rings is 2. The zero-order valence-electron chi connectivity index (χ0n) is 13.2. The van der Waals surface area contributed by atoms with Gasteiger partial charge in [0.2, 0.25) is 0 Å². The number of nitrogens with zero attached hydrogens (tertiary/aromatic N) is 1. The van der Waals surface area contributed by atoms with Crippen LogP contribution < -0.4 is 5.32 Å². The van der Waals surface area contributed by atoms with Crippen LogP contribution in [0.1, 0.15) is 20.0 Å². The Morgan fingerprint density at radius 3 is 2.60 bits per heavy atom. The Balaban J connectivity index is 1.84. The molecule has 3 rings (SSSR count). The van der Waals surface area contributed by atoms with E-state index < -0.39 is 17.7 Å². The van der Waals surface area contributed by atoms with Crippen molar-refractivity contribution in [1.82, 2.24) is 4.98 Å². The third-order valence-corrected chi connectivity index (χ3v) is 4.44. The molecule has 1 N–H and O–H groups in total. The highest BCUT2D eigenvalue weighted by atomic mass is 32.1. The molecule has 0 radical (unpaired) electrons. The lowest BCUT2D eigenvalue weighted by Gasteiger charge is -2.08. The van der Waals surface area contributed by atoms with Gasteiger partial charge >= 0.3 is 5.97 Å². The van der Waals surface area contributed by atoms with Crippen LogP contribution in [0.4, 0.5) is 10.1 Å². The predicted molar refractivity (Wildman–Crippen MR) is 93.2 cm³/mol. The first-order chi connectivity index (χ1) is 12.1. The second kappa shape index (κ2) is 7.23. The zero-order chi connectivity index (χ0) is 17.8. The van der Waals surface area contributed by atoms with Gasteiger partial charge in [-0.1, -0.05) is 24.3 Å². The molecule has 3 aromatic rings. The number of para-hydroxylation sites is 1. The van der Waals surface area contributed by atoms with Gasteiger partial charge in [0, 0.05) is 5.56 Å². The molecular formula is C18H13FN2O3S. The van der Waals surface area contributed by atoms with Crippen molar-refractivity contribution >= 4 is 28.9 Å². The average molecular weight is 356 g/mol. The molecule has 1 heterocycles. The summed E-state index contributed by atoms with van der Waals surface area (Å²) < 4.78 is 18.5. The average Bonchev–Trinajstić information content (AvgIpc) is 3.12. The number of esters is 1. The molecule has 0 aliphatic rings. The van der Waals surface area contributed by atoms with Crippen LogP contribution in [0.25, 0.3) is 10.6 Å². The van der Waals surface area contributed by atoms with Gasteiger partial charge in [0.05, 0.1) is 24.6 Å². The molecule has 5 nitrogen and oxygen atoms in total. The summed E-state index contributed by atoms with van der Waals surface area (Å²) in [5.41, 5.74) is 0.916. The number of hydrogen-bond acceptors (Lipinski definition) is 5. The van der Waals surface area contributed by atoms with Crippen molar-refractivity contribution < 1.29 is 18.7 Å². The highest BCUT2D eigenvalue weighted by Crippen LogP contribution is 2.28. The fourth-order valence-corrected chi connectivity index (χ4v) is 3.04. The van der Waals surface area contributed by atoms with Crippen molar-refractivity contribution in [3.63, 3.8) is 0 Å². The van der Waals surface area contributed by atoms with Crippen molar-refractivity contribution in [1.29, 1.82) is 0 Å². The van der Waals surface area contributed by atoms with Gasteiger partial charge in [-0.25, -0.2) is 14.2 Å².